The van der Waals surface area contributed by atoms with Crippen LogP contribution in [0.2, 0.25) is 5.02 Å². The zero-order valence-electron chi connectivity index (χ0n) is 11.7. The fourth-order valence-corrected chi connectivity index (χ4v) is 5.03. The molecule has 1 aromatic heterocycles. The minimum absolute atomic E-state index is 0.109. The first-order valence-electron chi connectivity index (χ1n) is 6.05. The lowest BCUT2D eigenvalue weighted by Gasteiger charge is -2.10. The average molecular weight is 377 g/mol. The van der Waals surface area contributed by atoms with Crippen LogP contribution in [0.5, 0.6) is 0 Å². The molecule has 0 atom stereocenters. The summed E-state index contributed by atoms with van der Waals surface area (Å²) in [7, 11) is -3.69. The van der Waals surface area contributed by atoms with Gasteiger partial charge in [-0.3, -0.25) is 4.79 Å². The minimum atomic E-state index is -3.69. The van der Waals surface area contributed by atoms with Crippen molar-refractivity contribution in [2.75, 3.05) is 5.32 Å². The molecule has 0 aliphatic carbocycles. The Morgan fingerprint density at radius 3 is 2.59 bits per heavy atom. The summed E-state index contributed by atoms with van der Waals surface area (Å²) in [6.07, 6.45) is 0. The number of thiophene rings is 1. The van der Waals surface area contributed by atoms with Crippen molar-refractivity contribution in [3.05, 3.63) is 34.9 Å². The molecule has 0 unspecified atom stereocenters. The van der Waals surface area contributed by atoms with Crippen LogP contribution in [-0.4, -0.2) is 14.3 Å². The summed E-state index contributed by atoms with van der Waals surface area (Å²) in [6.45, 7) is 3.28. The molecular formula is C13H13ClN2O3S3. The molecule has 0 radical (unpaired) electrons. The Bertz CT molecular complexity index is 831. The van der Waals surface area contributed by atoms with Gasteiger partial charge < -0.3 is 5.32 Å². The predicted molar refractivity (Wildman–Crippen MR) is 90.3 cm³/mol. The van der Waals surface area contributed by atoms with Crippen molar-refractivity contribution in [3.8, 4) is 0 Å². The molecule has 5 nitrogen and oxygen atoms in total. The zero-order valence-corrected chi connectivity index (χ0v) is 14.9. The van der Waals surface area contributed by atoms with E-state index >= 15 is 0 Å². The van der Waals surface area contributed by atoms with Crippen molar-refractivity contribution in [1.82, 2.24) is 0 Å². The Labute approximate surface area is 141 Å². The third kappa shape index (κ3) is 4.23. The Kier molecular flexibility index (Phi) is 5.18. The molecule has 0 saturated carbocycles. The van der Waals surface area contributed by atoms with Gasteiger partial charge in [0.15, 0.2) is 0 Å². The van der Waals surface area contributed by atoms with Gasteiger partial charge in [-0.2, -0.15) is 0 Å². The summed E-state index contributed by atoms with van der Waals surface area (Å²) >= 11 is 8.65. The van der Waals surface area contributed by atoms with Gasteiger partial charge in [0.05, 0.1) is 9.23 Å². The maximum absolute atomic E-state index is 11.3. The monoisotopic (exact) mass is 376 g/mol. The number of nitrogens with two attached hydrogens (primary N) is 1. The van der Waals surface area contributed by atoms with E-state index in [-0.39, 0.29) is 10.1 Å². The van der Waals surface area contributed by atoms with Gasteiger partial charge in [-0.15, -0.1) is 11.3 Å². The molecule has 0 bridgehead atoms. The summed E-state index contributed by atoms with van der Waals surface area (Å²) in [5, 5.41) is 8.27. The van der Waals surface area contributed by atoms with Crippen LogP contribution in [0.3, 0.4) is 0 Å². The Hall–Kier alpha value is -1.06. The van der Waals surface area contributed by atoms with Crippen LogP contribution in [0.25, 0.3) is 0 Å². The van der Waals surface area contributed by atoms with Gasteiger partial charge in [-0.05, 0) is 36.8 Å². The second kappa shape index (κ2) is 6.59. The van der Waals surface area contributed by atoms with Gasteiger partial charge in [0.2, 0.25) is 15.9 Å². The lowest BCUT2D eigenvalue weighted by Crippen LogP contribution is -2.09. The normalized spacial score (nSPS) is 11.5. The number of hydrogen-bond donors (Lipinski definition) is 2. The van der Waals surface area contributed by atoms with Gasteiger partial charge in [0.1, 0.15) is 4.21 Å². The summed E-state index contributed by atoms with van der Waals surface area (Å²) < 4.78 is 23.4. The molecule has 1 aromatic carbocycles. The fraction of sp³-hybridized carbons (Fsp3) is 0.154. The fourth-order valence-electron chi connectivity index (χ4n) is 1.68. The molecule has 0 saturated heterocycles. The standard InChI is InChI=1S/C13H13ClN2O3S3/c1-7-5-11(9(14)6-10(7)16-8(2)17)20-12-3-4-13(21-12)22(15,18)19/h3-6H,1-2H3,(H,16,17)(H2,15,18,19). The lowest BCUT2D eigenvalue weighted by molar-refractivity contribution is -0.114. The molecule has 2 rings (SSSR count). The Balaban J connectivity index is 2.28. The summed E-state index contributed by atoms with van der Waals surface area (Å²) in [5.41, 5.74) is 1.52. The van der Waals surface area contributed by atoms with Crippen molar-refractivity contribution in [1.29, 1.82) is 0 Å². The molecule has 0 aliphatic heterocycles. The van der Waals surface area contributed by atoms with Crippen LogP contribution >= 0.6 is 34.7 Å². The van der Waals surface area contributed by atoms with Gasteiger partial charge >= 0.3 is 0 Å². The molecular weight excluding hydrogens is 364 g/mol. The minimum Gasteiger partial charge on any atom is -0.326 e. The van der Waals surface area contributed by atoms with E-state index < -0.39 is 10.0 Å². The van der Waals surface area contributed by atoms with Crippen LogP contribution in [0.1, 0.15) is 12.5 Å². The Morgan fingerprint density at radius 1 is 1.36 bits per heavy atom. The van der Waals surface area contributed by atoms with Crippen molar-refractivity contribution in [3.63, 3.8) is 0 Å². The first-order chi connectivity index (χ1) is 10.2. The van der Waals surface area contributed by atoms with Crippen LogP contribution in [0.4, 0.5) is 5.69 Å². The maximum atomic E-state index is 11.3. The number of aryl methyl sites for hydroxylation is 1. The number of benzene rings is 1. The quantitative estimate of drug-likeness (QED) is 0.854. The molecule has 0 aliphatic rings. The highest BCUT2D eigenvalue weighted by Crippen LogP contribution is 2.40. The Morgan fingerprint density at radius 2 is 2.05 bits per heavy atom. The summed E-state index contributed by atoms with van der Waals surface area (Å²) in [4.78, 5) is 11.9. The van der Waals surface area contributed by atoms with Crippen LogP contribution in [-0.2, 0) is 14.8 Å². The van der Waals surface area contributed by atoms with E-state index in [1.807, 2.05) is 13.0 Å². The molecule has 0 spiro atoms. The molecule has 0 fully saturated rings. The highest BCUT2D eigenvalue weighted by Gasteiger charge is 2.14. The number of anilines is 1. The molecule has 1 amide bonds. The van der Waals surface area contributed by atoms with Gasteiger partial charge in [-0.1, -0.05) is 23.4 Å². The summed E-state index contributed by atoms with van der Waals surface area (Å²) in [5.74, 6) is -0.171. The van der Waals surface area contributed by atoms with Crippen molar-refractivity contribution >= 4 is 56.3 Å². The molecule has 1 heterocycles. The number of primary sulfonamides is 1. The van der Waals surface area contributed by atoms with Gasteiger partial charge in [0.25, 0.3) is 0 Å². The number of hydrogen-bond acceptors (Lipinski definition) is 5. The first-order valence-corrected chi connectivity index (χ1v) is 9.61. The molecule has 22 heavy (non-hydrogen) atoms. The SMILES string of the molecule is CC(=O)Nc1cc(Cl)c(Sc2ccc(S(N)(=O)=O)s2)cc1C. The van der Waals surface area contributed by atoms with E-state index in [0.29, 0.717) is 10.7 Å². The number of carbonyl (C=O) groups excluding carboxylic acids is 1. The zero-order chi connectivity index (χ0) is 16.5. The second-order valence-electron chi connectivity index (χ2n) is 4.50. The number of nitrogens with one attached hydrogen (secondary N) is 1. The molecule has 2 aromatic rings. The van der Waals surface area contributed by atoms with Crippen molar-refractivity contribution < 1.29 is 13.2 Å². The largest absolute Gasteiger partial charge is 0.326 e. The number of amides is 1. The van der Waals surface area contributed by atoms with E-state index in [1.165, 1.54) is 24.8 Å². The predicted octanol–water partition coefficient (Wildman–Crippen LogP) is 3.47. The van der Waals surface area contributed by atoms with E-state index in [2.05, 4.69) is 5.32 Å². The second-order valence-corrected chi connectivity index (χ2v) is 9.12. The van der Waals surface area contributed by atoms with E-state index in [4.69, 9.17) is 16.7 Å². The maximum Gasteiger partial charge on any atom is 0.247 e. The van der Waals surface area contributed by atoms with Gasteiger partial charge in [0, 0.05) is 17.5 Å². The van der Waals surface area contributed by atoms with E-state index in [9.17, 15) is 13.2 Å². The van der Waals surface area contributed by atoms with Crippen LogP contribution in [0, 0.1) is 6.92 Å². The van der Waals surface area contributed by atoms with Crippen molar-refractivity contribution in [2.45, 2.75) is 27.2 Å². The topological polar surface area (TPSA) is 89.3 Å². The lowest BCUT2D eigenvalue weighted by atomic mass is 10.2. The number of halogens is 1. The highest BCUT2D eigenvalue weighted by atomic mass is 35.5. The van der Waals surface area contributed by atoms with Crippen LogP contribution in [0.15, 0.2) is 37.6 Å². The van der Waals surface area contributed by atoms with E-state index in [1.54, 1.807) is 12.1 Å². The number of rotatable bonds is 4. The number of carbonyl (C=O) groups is 1. The third-order valence-electron chi connectivity index (χ3n) is 2.64. The molecule has 118 valence electrons. The van der Waals surface area contributed by atoms with E-state index in [0.717, 1.165) is 26.0 Å². The first kappa shape index (κ1) is 17.3. The third-order valence-corrected chi connectivity index (χ3v) is 6.78. The number of sulfonamides is 1. The molecule has 9 heteroatoms. The average Bonchev–Trinajstić information content (AvgIpc) is 2.83. The summed E-state index contributed by atoms with van der Waals surface area (Å²) in [6, 6.07) is 6.67. The van der Waals surface area contributed by atoms with Crippen LogP contribution < -0.4 is 10.5 Å². The highest BCUT2D eigenvalue weighted by molar-refractivity contribution is 8.01. The molecule has 3 N–H and O–H groups in total. The smallest absolute Gasteiger partial charge is 0.247 e. The van der Waals surface area contributed by atoms with Crippen molar-refractivity contribution in [2.24, 2.45) is 5.14 Å². The van der Waals surface area contributed by atoms with Gasteiger partial charge in [-0.25, -0.2) is 13.6 Å².